The molecule has 1 aromatic rings. The molecule has 1 aliphatic rings. The van der Waals surface area contributed by atoms with Crippen molar-refractivity contribution in [2.75, 3.05) is 13.1 Å². The third-order valence-electron chi connectivity index (χ3n) is 3.89. The highest BCUT2D eigenvalue weighted by molar-refractivity contribution is 7.10. The van der Waals surface area contributed by atoms with E-state index in [2.05, 4.69) is 42.4 Å². The van der Waals surface area contributed by atoms with Crippen LogP contribution in [0.1, 0.15) is 37.1 Å². The summed E-state index contributed by atoms with van der Waals surface area (Å²) in [4.78, 5) is 4.21. The third-order valence-corrected chi connectivity index (χ3v) is 4.90. The second-order valence-corrected chi connectivity index (χ2v) is 6.03. The van der Waals surface area contributed by atoms with E-state index >= 15 is 0 Å². The lowest BCUT2D eigenvalue weighted by atomic mass is 10.0. The van der Waals surface area contributed by atoms with Crippen molar-refractivity contribution in [2.24, 2.45) is 0 Å². The van der Waals surface area contributed by atoms with E-state index in [-0.39, 0.29) is 0 Å². The van der Waals surface area contributed by atoms with Gasteiger partial charge in [-0.15, -0.1) is 11.3 Å². The first-order valence-electron chi connectivity index (χ1n) is 6.75. The summed E-state index contributed by atoms with van der Waals surface area (Å²) in [6.45, 7) is 10.3. The van der Waals surface area contributed by atoms with Crippen LogP contribution < -0.4 is 5.32 Å². The monoisotopic (exact) mass is 252 g/mol. The Morgan fingerprint density at radius 2 is 2.24 bits per heavy atom. The molecule has 2 unspecified atom stereocenters. The minimum absolute atomic E-state index is 0.679. The molecule has 96 valence electrons. The van der Waals surface area contributed by atoms with Crippen LogP contribution in [0.2, 0.25) is 0 Å². The Morgan fingerprint density at radius 3 is 2.82 bits per heavy atom. The van der Waals surface area contributed by atoms with Gasteiger partial charge in [-0.3, -0.25) is 4.90 Å². The lowest BCUT2D eigenvalue weighted by molar-refractivity contribution is 0.118. The summed E-state index contributed by atoms with van der Waals surface area (Å²) in [7, 11) is 0. The fraction of sp³-hybridized carbons (Fsp3) is 0.714. The normalized spacial score (nSPS) is 26.3. The Morgan fingerprint density at radius 1 is 1.41 bits per heavy atom. The Bertz CT molecular complexity index is 348. The first-order valence-corrected chi connectivity index (χ1v) is 7.63. The molecule has 0 spiro atoms. The second-order valence-electron chi connectivity index (χ2n) is 5.03. The van der Waals surface area contributed by atoms with Crippen molar-refractivity contribution < 1.29 is 0 Å². The minimum atomic E-state index is 0.679. The highest BCUT2D eigenvalue weighted by Crippen LogP contribution is 2.21. The molecule has 0 radical (unpaired) electrons. The molecule has 2 heterocycles. The molecule has 1 saturated heterocycles. The van der Waals surface area contributed by atoms with Crippen molar-refractivity contribution in [3.05, 3.63) is 21.9 Å². The predicted molar refractivity (Wildman–Crippen MR) is 75.6 cm³/mol. The van der Waals surface area contributed by atoms with Crippen molar-refractivity contribution in [1.82, 2.24) is 10.2 Å². The molecule has 1 aromatic heterocycles. The lowest BCUT2D eigenvalue weighted by Gasteiger charge is -2.39. The minimum Gasteiger partial charge on any atom is -0.311 e. The molecule has 2 nitrogen and oxygen atoms in total. The van der Waals surface area contributed by atoms with Gasteiger partial charge in [0.05, 0.1) is 0 Å². The maximum atomic E-state index is 3.66. The van der Waals surface area contributed by atoms with E-state index in [1.54, 1.807) is 4.88 Å². The average molecular weight is 252 g/mol. The molecule has 0 aliphatic carbocycles. The number of rotatable bonds is 4. The third kappa shape index (κ3) is 3.09. The molecule has 17 heavy (non-hydrogen) atoms. The molecule has 0 amide bonds. The van der Waals surface area contributed by atoms with E-state index in [0.29, 0.717) is 12.1 Å². The van der Waals surface area contributed by atoms with Crippen molar-refractivity contribution in [1.29, 1.82) is 0 Å². The largest absolute Gasteiger partial charge is 0.311 e. The van der Waals surface area contributed by atoms with Crippen molar-refractivity contribution in [2.45, 2.75) is 52.2 Å². The summed E-state index contributed by atoms with van der Waals surface area (Å²) >= 11 is 1.90. The highest BCUT2D eigenvalue weighted by atomic mass is 32.1. The van der Waals surface area contributed by atoms with Crippen molar-refractivity contribution in [3.63, 3.8) is 0 Å². The first kappa shape index (κ1) is 13.1. The molecule has 0 saturated carbocycles. The molecular formula is C14H24N2S. The zero-order valence-corrected chi connectivity index (χ0v) is 12.0. The summed E-state index contributed by atoms with van der Waals surface area (Å²) in [6, 6.07) is 3.62. The van der Waals surface area contributed by atoms with Crippen LogP contribution >= 0.6 is 11.3 Å². The van der Waals surface area contributed by atoms with E-state index in [1.165, 1.54) is 24.9 Å². The van der Waals surface area contributed by atoms with Crippen molar-refractivity contribution >= 4 is 11.3 Å². The molecule has 1 aliphatic heterocycles. The Labute approximate surface area is 109 Å². The fourth-order valence-electron chi connectivity index (χ4n) is 2.55. The maximum absolute atomic E-state index is 3.66. The molecule has 1 fully saturated rings. The van der Waals surface area contributed by atoms with Gasteiger partial charge in [-0.25, -0.2) is 0 Å². The van der Waals surface area contributed by atoms with E-state index in [0.717, 1.165) is 13.1 Å². The van der Waals surface area contributed by atoms with Gasteiger partial charge < -0.3 is 5.32 Å². The van der Waals surface area contributed by atoms with Gasteiger partial charge >= 0.3 is 0 Å². The van der Waals surface area contributed by atoms with Gasteiger partial charge in [0.1, 0.15) is 0 Å². The summed E-state index contributed by atoms with van der Waals surface area (Å²) in [5.41, 5.74) is 1.46. The number of piperazine rings is 1. The first-order chi connectivity index (χ1) is 8.24. The summed E-state index contributed by atoms with van der Waals surface area (Å²) < 4.78 is 0. The average Bonchev–Trinajstić information content (AvgIpc) is 2.75. The summed E-state index contributed by atoms with van der Waals surface area (Å²) in [5, 5.41) is 5.87. The number of nitrogens with one attached hydrogen (secondary N) is 1. The van der Waals surface area contributed by atoms with Crippen LogP contribution in [0.25, 0.3) is 0 Å². The van der Waals surface area contributed by atoms with Gasteiger partial charge in [0.2, 0.25) is 0 Å². The molecule has 1 N–H and O–H groups in total. The van der Waals surface area contributed by atoms with Gasteiger partial charge in [0.25, 0.3) is 0 Å². The second kappa shape index (κ2) is 5.98. The van der Waals surface area contributed by atoms with E-state index in [1.807, 2.05) is 11.3 Å². The fourth-order valence-corrected chi connectivity index (χ4v) is 3.48. The zero-order chi connectivity index (χ0) is 12.3. The van der Waals surface area contributed by atoms with Gasteiger partial charge in [-0.05, 0) is 36.8 Å². The van der Waals surface area contributed by atoms with Crippen LogP contribution in [0.15, 0.2) is 11.4 Å². The van der Waals surface area contributed by atoms with Crippen LogP contribution in [-0.4, -0.2) is 30.1 Å². The zero-order valence-electron chi connectivity index (χ0n) is 11.2. The predicted octanol–water partition coefficient (Wildman–Crippen LogP) is 3.02. The van der Waals surface area contributed by atoms with Gasteiger partial charge in [-0.1, -0.05) is 13.8 Å². The summed E-state index contributed by atoms with van der Waals surface area (Å²) in [5.74, 6) is 0. The maximum Gasteiger partial charge on any atom is 0.0334 e. The Kier molecular flexibility index (Phi) is 4.60. The molecule has 3 heteroatoms. The number of hydrogen-bond donors (Lipinski definition) is 1. The van der Waals surface area contributed by atoms with Crippen molar-refractivity contribution in [3.8, 4) is 0 Å². The SMILES string of the molecule is CCC1CN(Cc2sccc2C)C(CC)CN1. The van der Waals surface area contributed by atoms with Gasteiger partial charge in [0.15, 0.2) is 0 Å². The molecule has 0 bridgehead atoms. The van der Waals surface area contributed by atoms with Crippen LogP contribution in [-0.2, 0) is 6.54 Å². The number of nitrogens with zero attached hydrogens (tertiary/aromatic N) is 1. The Hall–Kier alpha value is -0.380. The van der Waals surface area contributed by atoms with Gasteiger partial charge in [-0.2, -0.15) is 0 Å². The lowest BCUT2D eigenvalue weighted by Crippen LogP contribution is -2.55. The quantitative estimate of drug-likeness (QED) is 0.886. The number of aryl methyl sites for hydroxylation is 1. The topological polar surface area (TPSA) is 15.3 Å². The molecule has 0 aromatic carbocycles. The van der Waals surface area contributed by atoms with E-state index < -0.39 is 0 Å². The van der Waals surface area contributed by atoms with Gasteiger partial charge in [0, 0.05) is 36.6 Å². The number of thiophene rings is 1. The van der Waals surface area contributed by atoms with Crippen LogP contribution in [0.5, 0.6) is 0 Å². The molecular weight excluding hydrogens is 228 g/mol. The van der Waals surface area contributed by atoms with E-state index in [9.17, 15) is 0 Å². The summed E-state index contributed by atoms with van der Waals surface area (Å²) in [6.07, 6.45) is 2.48. The number of hydrogen-bond acceptors (Lipinski definition) is 3. The molecule has 2 atom stereocenters. The highest BCUT2D eigenvalue weighted by Gasteiger charge is 2.26. The van der Waals surface area contributed by atoms with Crippen LogP contribution in [0, 0.1) is 6.92 Å². The van der Waals surface area contributed by atoms with E-state index in [4.69, 9.17) is 0 Å². The van der Waals surface area contributed by atoms with Crippen LogP contribution in [0.4, 0.5) is 0 Å². The molecule has 2 rings (SSSR count). The smallest absolute Gasteiger partial charge is 0.0334 e. The standard InChI is InChI=1S/C14H24N2S/c1-4-12-9-16(13(5-2)8-15-12)10-14-11(3)6-7-17-14/h6-7,12-13,15H,4-5,8-10H2,1-3H3. The Balaban J connectivity index is 2.03. The van der Waals surface area contributed by atoms with Crippen LogP contribution in [0.3, 0.4) is 0 Å².